The van der Waals surface area contributed by atoms with Gasteiger partial charge in [0.2, 0.25) is 0 Å². The average molecular weight is 967 g/mol. The quantitative estimate of drug-likeness (QED) is 0.151. The van der Waals surface area contributed by atoms with Crippen molar-refractivity contribution in [1.82, 2.24) is 4.57 Å². The fourth-order valence-electron chi connectivity index (χ4n) is 11.4. The Labute approximate surface area is 441 Å². The van der Waals surface area contributed by atoms with E-state index in [1.54, 1.807) is 0 Å². The summed E-state index contributed by atoms with van der Waals surface area (Å²) in [6, 6.07) is 68.0. The van der Waals surface area contributed by atoms with Gasteiger partial charge in [-0.15, -0.1) is 0 Å². The molecule has 1 heterocycles. The molecule has 11 rings (SSSR count). The molecule has 372 valence electrons. The number of hydrogen-bond acceptors (Lipinski definition) is 1. The fraction of sp³-hybridized carbons (Fsp3) is 0.278. The SMILES string of the molecule is CC(C)(C)c1ccc(-c2cc(C(C)(C)C)ccc2-c2ccc(C(C)(C)C)cc2N(c2ccccc2)c2ccc3ccc4c(-n5c6ccc(C(C)(C)C)cc6c6cc(C(C)(C)C)ccc65)ccc5ccc2c3c54)cc1. The zero-order valence-corrected chi connectivity index (χ0v) is 46.6. The van der Waals surface area contributed by atoms with Crippen molar-refractivity contribution < 1.29 is 0 Å². The summed E-state index contributed by atoms with van der Waals surface area (Å²) in [6.45, 7) is 34.7. The van der Waals surface area contributed by atoms with E-state index in [1.807, 2.05) is 0 Å². The second-order valence-corrected chi connectivity index (χ2v) is 26.4. The van der Waals surface area contributed by atoms with Crippen molar-refractivity contribution in [3.63, 3.8) is 0 Å². The molecular weight excluding hydrogens is 893 g/mol. The lowest BCUT2D eigenvalue weighted by Gasteiger charge is -2.32. The lowest BCUT2D eigenvalue weighted by molar-refractivity contribution is 0.589. The minimum absolute atomic E-state index is 0.0228. The van der Waals surface area contributed by atoms with E-state index in [-0.39, 0.29) is 27.1 Å². The standard InChI is InChI=1S/C72H74N2/c1-68(2,3)48-27-21-45(22-28-48)58-41-49(69(4,5)6)29-35-54(58)55-36-30-52(72(13,14)15)44-65(55)73(53-19-17-16-18-20-53)61-37-25-46-24-34-57-62(38-26-47-23-33-56(61)66(46)67(47)57)74-63-39-31-50(70(7,8)9)42-59(63)60-43-51(71(10,11)12)32-40-64(60)74/h16-44H,1-15H3. The van der Waals surface area contributed by atoms with E-state index < -0.39 is 0 Å². The molecule has 0 aliphatic carbocycles. The monoisotopic (exact) mass is 967 g/mol. The van der Waals surface area contributed by atoms with Gasteiger partial charge in [-0.3, -0.25) is 0 Å². The molecule has 0 saturated heterocycles. The van der Waals surface area contributed by atoms with Gasteiger partial charge in [-0.1, -0.05) is 225 Å². The average Bonchev–Trinajstić information content (AvgIpc) is 3.68. The van der Waals surface area contributed by atoms with E-state index in [0.717, 1.165) is 17.1 Å². The number of aromatic nitrogens is 1. The van der Waals surface area contributed by atoms with Gasteiger partial charge in [0.15, 0.2) is 0 Å². The molecule has 0 aliphatic heterocycles. The second-order valence-electron chi connectivity index (χ2n) is 26.4. The number of anilines is 3. The first-order chi connectivity index (χ1) is 34.9. The highest BCUT2D eigenvalue weighted by atomic mass is 15.1. The third kappa shape index (κ3) is 8.45. The van der Waals surface area contributed by atoms with Crippen molar-refractivity contribution in [3.8, 4) is 27.9 Å². The van der Waals surface area contributed by atoms with Gasteiger partial charge in [-0.05, 0) is 148 Å². The predicted molar refractivity (Wildman–Crippen MR) is 324 cm³/mol. The Morgan fingerprint density at radius 3 is 1.31 bits per heavy atom. The van der Waals surface area contributed by atoms with Crippen molar-refractivity contribution in [2.24, 2.45) is 0 Å². The Hall–Kier alpha value is -7.16. The van der Waals surface area contributed by atoms with E-state index in [4.69, 9.17) is 0 Å². The summed E-state index contributed by atoms with van der Waals surface area (Å²) in [6.07, 6.45) is 0. The predicted octanol–water partition coefficient (Wildman–Crippen LogP) is 21.0. The van der Waals surface area contributed by atoms with Crippen LogP contribution in [0.15, 0.2) is 176 Å². The highest BCUT2D eigenvalue weighted by Gasteiger charge is 2.28. The number of hydrogen-bond donors (Lipinski definition) is 0. The number of rotatable bonds is 6. The fourth-order valence-corrected chi connectivity index (χ4v) is 11.4. The Bertz CT molecular complexity index is 3870. The van der Waals surface area contributed by atoms with Crippen LogP contribution < -0.4 is 4.90 Å². The van der Waals surface area contributed by atoms with Crippen LogP contribution in [0.5, 0.6) is 0 Å². The number of fused-ring (bicyclic) bond motifs is 3. The van der Waals surface area contributed by atoms with Crippen LogP contribution in [0, 0.1) is 0 Å². The summed E-state index contributed by atoms with van der Waals surface area (Å²) in [7, 11) is 0. The zero-order valence-electron chi connectivity index (χ0n) is 46.6. The van der Waals surface area contributed by atoms with Crippen LogP contribution in [-0.2, 0) is 27.1 Å². The maximum Gasteiger partial charge on any atom is 0.0543 e. The lowest BCUT2D eigenvalue weighted by Crippen LogP contribution is -2.16. The first kappa shape index (κ1) is 49.1. The largest absolute Gasteiger partial charge is 0.309 e. The smallest absolute Gasteiger partial charge is 0.0543 e. The van der Waals surface area contributed by atoms with E-state index >= 15 is 0 Å². The number of benzene rings is 10. The molecule has 0 bridgehead atoms. The van der Waals surface area contributed by atoms with Gasteiger partial charge in [0.1, 0.15) is 0 Å². The van der Waals surface area contributed by atoms with Gasteiger partial charge in [0.05, 0.1) is 28.1 Å². The molecule has 0 aliphatic rings. The van der Waals surface area contributed by atoms with Gasteiger partial charge in [0, 0.05) is 32.8 Å². The maximum absolute atomic E-state index is 2.55. The maximum atomic E-state index is 2.55. The van der Waals surface area contributed by atoms with Crippen LogP contribution in [-0.4, -0.2) is 4.57 Å². The molecule has 74 heavy (non-hydrogen) atoms. The van der Waals surface area contributed by atoms with Crippen molar-refractivity contribution in [3.05, 3.63) is 204 Å². The van der Waals surface area contributed by atoms with Gasteiger partial charge >= 0.3 is 0 Å². The van der Waals surface area contributed by atoms with E-state index in [9.17, 15) is 0 Å². The van der Waals surface area contributed by atoms with Gasteiger partial charge < -0.3 is 9.47 Å². The zero-order chi connectivity index (χ0) is 52.4. The molecule has 0 radical (unpaired) electrons. The van der Waals surface area contributed by atoms with E-state index in [0.29, 0.717) is 0 Å². The molecule has 1 aromatic heterocycles. The lowest BCUT2D eigenvalue weighted by atomic mass is 9.81. The van der Waals surface area contributed by atoms with Crippen molar-refractivity contribution in [2.45, 2.75) is 131 Å². The molecule has 0 fully saturated rings. The molecule has 0 saturated carbocycles. The first-order valence-electron chi connectivity index (χ1n) is 26.9. The number of nitrogens with zero attached hydrogens (tertiary/aromatic N) is 2. The molecule has 11 aromatic rings. The van der Waals surface area contributed by atoms with E-state index in [1.165, 1.54) is 110 Å². The van der Waals surface area contributed by atoms with Crippen LogP contribution in [0.2, 0.25) is 0 Å². The summed E-state index contributed by atoms with van der Waals surface area (Å²) in [5.74, 6) is 0. The summed E-state index contributed by atoms with van der Waals surface area (Å²) >= 11 is 0. The van der Waals surface area contributed by atoms with Gasteiger partial charge in [-0.25, -0.2) is 0 Å². The molecule has 0 spiro atoms. The van der Waals surface area contributed by atoms with Gasteiger partial charge in [-0.2, -0.15) is 0 Å². The molecule has 2 nitrogen and oxygen atoms in total. The first-order valence-corrected chi connectivity index (χ1v) is 26.9. The summed E-state index contributed by atoms with van der Waals surface area (Å²) in [4.78, 5) is 2.55. The van der Waals surface area contributed by atoms with Crippen molar-refractivity contribution >= 4 is 71.2 Å². The minimum atomic E-state index is -0.0914. The van der Waals surface area contributed by atoms with Crippen molar-refractivity contribution in [1.29, 1.82) is 0 Å². The second kappa shape index (κ2) is 17.2. The Kier molecular flexibility index (Phi) is 11.4. The molecule has 0 N–H and O–H groups in total. The summed E-state index contributed by atoms with van der Waals surface area (Å²) in [5.41, 5.74) is 18.6. The highest BCUT2D eigenvalue weighted by Crippen LogP contribution is 2.50. The molecule has 2 heteroatoms. The summed E-state index contributed by atoms with van der Waals surface area (Å²) < 4.78 is 2.54. The third-order valence-electron chi connectivity index (χ3n) is 16.0. The normalized spacial score (nSPS) is 13.1. The molecule has 0 atom stereocenters. The highest BCUT2D eigenvalue weighted by molar-refractivity contribution is 6.27. The minimum Gasteiger partial charge on any atom is -0.309 e. The van der Waals surface area contributed by atoms with E-state index in [2.05, 4.69) is 289 Å². The summed E-state index contributed by atoms with van der Waals surface area (Å²) in [5, 5.41) is 10.1. The third-order valence-corrected chi connectivity index (χ3v) is 16.0. The molecule has 10 aromatic carbocycles. The van der Waals surface area contributed by atoms with Crippen molar-refractivity contribution in [2.75, 3.05) is 4.90 Å². The van der Waals surface area contributed by atoms with Crippen LogP contribution in [0.4, 0.5) is 17.1 Å². The van der Waals surface area contributed by atoms with Crippen LogP contribution in [0.25, 0.3) is 82.1 Å². The molecular formula is C72H74N2. The number of para-hydroxylation sites is 1. The topological polar surface area (TPSA) is 8.17 Å². The van der Waals surface area contributed by atoms with Crippen LogP contribution in [0.3, 0.4) is 0 Å². The van der Waals surface area contributed by atoms with Gasteiger partial charge in [0.25, 0.3) is 0 Å². The Balaban J connectivity index is 1.18. The Morgan fingerprint density at radius 2 is 0.757 bits per heavy atom. The Morgan fingerprint density at radius 1 is 0.311 bits per heavy atom. The molecule has 0 unspecified atom stereocenters. The van der Waals surface area contributed by atoms with Crippen LogP contribution >= 0.6 is 0 Å². The van der Waals surface area contributed by atoms with Crippen LogP contribution in [0.1, 0.15) is 132 Å². The molecule has 0 amide bonds.